The molecular weight excluding hydrogens is 338 g/mol. The molecule has 2 heterocycles. The van der Waals surface area contributed by atoms with Crippen molar-refractivity contribution < 1.29 is 9.59 Å². The second-order valence-electron chi connectivity index (χ2n) is 7.51. The van der Waals surface area contributed by atoms with Crippen LogP contribution in [0.5, 0.6) is 0 Å². The number of aromatic nitrogens is 1. The topological polar surface area (TPSA) is 62.3 Å². The molecule has 1 aliphatic carbocycles. The highest BCUT2D eigenvalue weighted by molar-refractivity contribution is 5.82. The number of carbonyl (C=O) groups excluding carboxylic acids is 2. The van der Waals surface area contributed by atoms with Gasteiger partial charge in [-0.2, -0.15) is 0 Å². The third-order valence-corrected chi connectivity index (χ3v) is 5.56. The van der Waals surface area contributed by atoms with Gasteiger partial charge in [-0.25, -0.2) is 0 Å². The molecule has 1 saturated heterocycles. The van der Waals surface area contributed by atoms with Gasteiger partial charge in [0.25, 0.3) is 0 Å². The standard InChI is InChI=1S/C22H25N3O2/c26-21(18-10-14-25(15-11-18)22(27)19-6-7-19)24-20(16-4-2-1-3-5-16)17-8-12-23-13-9-17/h1-5,8-9,12-13,18-20H,6-7,10-11,14-15H2,(H,24,26)/t20-/m1/s1. The van der Waals surface area contributed by atoms with Crippen LogP contribution in [0.1, 0.15) is 42.9 Å². The highest BCUT2D eigenvalue weighted by Gasteiger charge is 2.36. The van der Waals surface area contributed by atoms with Crippen molar-refractivity contribution in [2.24, 2.45) is 11.8 Å². The number of rotatable bonds is 5. The van der Waals surface area contributed by atoms with Crippen molar-refractivity contribution in [2.75, 3.05) is 13.1 Å². The van der Waals surface area contributed by atoms with Crippen LogP contribution in [0.25, 0.3) is 0 Å². The van der Waals surface area contributed by atoms with Crippen molar-refractivity contribution in [3.05, 3.63) is 66.0 Å². The Morgan fingerprint density at radius 1 is 0.889 bits per heavy atom. The van der Waals surface area contributed by atoms with Crippen LogP contribution in [0.2, 0.25) is 0 Å². The Balaban J connectivity index is 1.42. The molecule has 4 rings (SSSR count). The van der Waals surface area contributed by atoms with Gasteiger partial charge < -0.3 is 10.2 Å². The molecule has 0 spiro atoms. The van der Waals surface area contributed by atoms with Crippen LogP contribution < -0.4 is 5.32 Å². The summed E-state index contributed by atoms with van der Waals surface area (Å²) in [7, 11) is 0. The Kier molecular flexibility index (Phi) is 5.19. The zero-order chi connectivity index (χ0) is 18.6. The van der Waals surface area contributed by atoms with Crippen LogP contribution in [0.3, 0.4) is 0 Å². The number of nitrogens with one attached hydrogen (secondary N) is 1. The van der Waals surface area contributed by atoms with Gasteiger partial charge >= 0.3 is 0 Å². The Hall–Kier alpha value is -2.69. The van der Waals surface area contributed by atoms with Crippen LogP contribution in [0, 0.1) is 11.8 Å². The summed E-state index contributed by atoms with van der Waals surface area (Å²) in [6.45, 7) is 1.39. The third-order valence-electron chi connectivity index (χ3n) is 5.56. The summed E-state index contributed by atoms with van der Waals surface area (Å²) >= 11 is 0. The number of hydrogen-bond donors (Lipinski definition) is 1. The molecule has 140 valence electrons. The summed E-state index contributed by atoms with van der Waals surface area (Å²) in [5.41, 5.74) is 2.07. The zero-order valence-electron chi connectivity index (χ0n) is 15.4. The molecule has 1 N–H and O–H groups in total. The van der Waals surface area contributed by atoms with Crippen LogP contribution in [-0.4, -0.2) is 34.8 Å². The first-order valence-electron chi connectivity index (χ1n) is 9.76. The van der Waals surface area contributed by atoms with E-state index in [4.69, 9.17) is 0 Å². The quantitative estimate of drug-likeness (QED) is 0.888. The number of nitrogens with zero attached hydrogens (tertiary/aromatic N) is 2. The minimum atomic E-state index is -0.187. The molecule has 2 fully saturated rings. The van der Waals surface area contributed by atoms with Gasteiger partial charge in [0.2, 0.25) is 11.8 Å². The molecule has 1 aromatic carbocycles. The van der Waals surface area contributed by atoms with E-state index in [-0.39, 0.29) is 29.7 Å². The lowest BCUT2D eigenvalue weighted by Crippen LogP contribution is -2.44. The number of pyridine rings is 1. The monoisotopic (exact) mass is 363 g/mol. The number of amides is 2. The number of hydrogen-bond acceptors (Lipinski definition) is 3. The summed E-state index contributed by atoms with van der Waals surface area (Å²) in [4.78, 5) is 31.2. The van der Waals surface area contributed by atoms with Gasteiger partial charge in [-0.3, -0.25) is 14.6 Å². The summed E-state index contributed by atoms with van der Waals surface area (Å²) < 4.78 is 0. The number of likely N-dealkylation sites (tertiary alicyclic amines) is 1. The molecule has 5 heteroatoms. The van der Waals surface area contributed by atoms with E-state index in [1.807, 2.05) is 47.4 Å². The SMILES string of the molecule is O=C(N[C@H](c1ccccc1)c1ccncc1)C1CCN(C(=O)C2CC2)CC1. The van der Waals surface area contributed by atoms with E-state index < -0.39 is 0 Å². The van der Waals surface area contributed by atoms with Crippen molar-refractivity contribution in [1.29, 1.82) is 0 Å². The molecule has 0 bridgehead atoms. The predicted molar refractivity (Wildman–Crippen MR) is 103 cm³/mol. The van der Waals surface area contributed by atoms with Gasteiger partial charge in [0, 0.05) is 37.3 Å². The van der Waals surface area contributed by atoms with Gasteiger partial charge in [-0.05, 0) is 48.9 Å². The fraction of sp³-hybridized carbons (Fsp3) is 0.409. The molecule has 2 amide bonds. The first-order chi connectivity index (χ1) is 13.2. The first kappa shape index (κ1) is 17.7. The highest BCUT2D eigenvalue weighted by Crippen LogP contribution is 2.32. The lowest BCUT2D eigenvalue weighted by Gasteiger charge is -2.32. The minimum absolute atomic E-state index is 0.0405. The molecule has 2 aliphatic rings. The molecule has 1 aliphatic heterocycles. The van der Waals surface area contributed by atoms with E-state index in [0.29, 0.717) is 13.1 Å². The third kappa shape index (κ3) is 4.18. The van der Waals surface area contributed by atoms with E-state index >= 15 is 0 Å². The molecular formula is C22H25N3O2. The van der Waals surface area contributed by atoms with Crippen LogP contribution in [0.15, 0.2) is 54.9 Å². The number of benzene rings is 1. The molecule has 1 saturated carbocycles. The average Bonchev–Trinajstić information content (AvgIpc) is 3.58. The summed E-state index contributed by atoms with van der Waals surface area (Å²) in [5.74, 6) is 0.567. The Bertz CT molecular complexity index is 742. The van der Waals surface area contributed by atoms with Gasteiger partial charge in [-0.1, -0.05) is 30.3 Å². The van der Waals surface area contributed by atoms with Gasteiger partial charge in [0.1, 0.15) is 0 Å². The second kappa shape index (κ2) is 7.91. The van der Waals surface area contributed by atoms with Crippen molar-refractivity contribution >= 4 is 11.8 Å². The molecule has 0 unspecified atom stereocenters. The predicted octanol–water partition coefficient (Wildman–Crippen LogP) is 2.94. The Morgan fingerprint density at radius 2 is 1.52 bits per heavy atom. The number of carbonyl (C=O) groups is 2. The fourth-order valence-corrected chi connectivity index (χ4v) is 3.77. The summed E-state index contributed by atoms with van der Waals surface area (Å²) in [5, 5.41) is 3.23. The second-order valence-corrected chi connectivity index (χ2v) is 7.51. The smallest absolute Gasteiger partial charge is 0.225 e. The molecule has 27 heavy (non-hydrogen) atoms. The van der Waals surface area contributed by atoms with E-state index in [1.54, 1.807) is 12.4 Å². The lowest BCUT2D eigenvalue weighted by atomic mass is 9.93. The Labute approximate surface area is 159 Å². The van der Waals surface area contributed by atoms with Gasteiger partial charge in [0.05, 0.1) is 6.04 Å². The lowest BCUT2D eigenvalue weighted by molar-refractivity contribution is -0.136. The van der Waals surface area contributed by atoms with Crippen molar-refractivity contribution in [1.82, 2.24) is 15.2 Å². The van der Waals surface area contributed by atoms with Crippen molar-refractivity contribution in [3.8, 4) is 0 Å². The van der Waals surface area contributed by atoms with Crippen LogP contribution >= 0.6 is 0 Å². The fourth-order valence-electron chi connectivity index (χ4n) is 3.77. The normalized spacial score (nSPS) is 18.7. The maximum atomic E-state index is 12.9. The Morgan fingerprint density at radius 3 is 2.15 bits per heavy atom. The number of piperidine rings is 1. The molecule has 0 radical (unpaired) electrons. The van der Waals surface area contributed by atoms with E-state index in [0.717, 1.165) is 36.8 Å². The van der Waals surface area contributed by atoms with E-state index in [9.17, 15) is 9.59 Å². The highest BCUT2D eigenvalue weighted by atomic mass is 16.2. The van der Waals surface area contributed by atoms with Crippen molar-refractivity contribution in [2.45, 2.75) is 31.7 Å². The van der Waals surface area contributed by atoms with Crippen LogP contribution in [0.4, 0.5) is 0 Å². The van der Waals surface area contributed by atoms with Gasteiger partial charge in [-0.15, -0.1) is 0 Å². The summed E-state index contributed by atoms with van der Waals surface area (Å²) in [6.07, 6.45) is 7.04. The van der Waals surface area contributed by atoms with Crippen LogP contribution in [-0.2, 0) is 9.59 Å². The minimum Gasteiger partial charge on any atom is -0.345 e. The summed E-state index contributed by atoms with van der Waals surface area (Å²) in [6, 6.07) is 13.7. The largest absolute Gasteiger partial charge is 0.345 e. The maximum Gasteiger partial charge on any atom is 0.225 e. The van der Waals surface area contributed by atoms with E-state index in [1.165, 1.54) is 0 Å². The van der Waals surface area contributed by atoms with Gasteiger partial charge in [0.15, 0.2) is 0 Å². The molecule has 1 aromatic heterocycles. The molecule has 5 nitrogen and oxygen atoms in total. The molecule has 2 aromatic rings. The van der Waals surface area contributed by atoms with Crippen molar-refractivity contribution in [3.63, 3.8) is 0 Å². The zero-order valence-corrected chi connectivity index (χ0v) is 15.4. The average molecular weight is 363 g/mol. The first-order valence-corrected chi connectivity index (χ1v) is 9.76. The maximum absolute atomic E-state index is 12.9. The van der Waals surface area contributed by atoms with E-state index in [2.05, 4.69) is 10.3 Å². The molecule has 1 atom stereocenters.